The first-order valence-electron chi connectivity index (χ1n) is 8.41. The highest BCUT2D eigenvalue weighted by atomic mass is 16.5. The molecule has 2 aromatic heterocycles. The van der Waals surface area contributed by atoms with Crippen LogP contribution < -0.4 is 5.32 Å². The number of carbonyl (C=O) groups excluding carboxylic acids is 1. The van der Waals surface area contributed by atoms with Crippen molar-refractivity contribution in [2.45, 2.75) is 19.9 Å². The van der Waals surface area contributed by atoms with Crippen molar-refractivity contribution in [3.63, 3.8) is 0 Å². The average molecular weight is 353 g/mol. The number of nitrogens with one attached hydrogen (secondary N) is 1. The van der Waals surface area contributed by atoms with Gasteiger partial charge in [0.05, 0.1) is 29.7 Å². The molecule has 1 N–H and O–H groups in total. The SMILES string of the molecule is COC[C@@H](NC(=O)c1ccc(-n2nc(C)cc2C)cc1)c1ccnn1C. The van der Waals surface area contributed by atoms with Gasteiger partial charge in [0.25, 0.3) is 5.91 Å². The monoisotopic (exact) mass is 353 g/mol. The quantitative estimate of drug-likeness (QED) is 0.738. The van der Waals surface area contributed by atoms with Crippen molar-refractivity contribution in [2.75, 3.05) is 13.7 Å². The molecule has 0 saturated carbocycles. The molecule has 0 aliphatic carbocycles. The summed E-state index contributed by atoms with van der Waals surface area (Å²) < 4.78 is 8.84. The third kappa shape index (κ3) is 3.67. The summed E-state index contributed by atoms with van der Waals surface area (Å²) in [6.07, 6.45) is 1.70. The maximum Gasteiger partial charge on any atom is 0.251 e. The minimum Gasteiger partial charge on any atom is -0.382 e. The number of ether oxygens (including phenoxy) is 1. The van der Waals surface area contributed by atoms with Gasteiger partial charge in [-0.2, -0.15) is 10.2 Å². The Balaban J connectivity index is 1.77. The second-order valence-electron chi connectivity index (χ2n) is 6.25. The fourth-order valence-corrected chi connectivity index (χ4v) is 2.98. The van der Waals surface area contributed by atoms with E-state index in [1.165, 1.54) is 0 Å². The molecule has 3 rings (SSSR count). The van der Waals surface area contributed by atoms with Gasteiger partial charge in [-0.05, 0) is 50.2 Å². The maximum atomic E-state index is 12.6. The fraction of sp³-hybridized carbons (Fsp3) is 0.316. The van der Waals surface area contributed by atoms with Crippen LogP contribution in [0.4, 0.5) is 0 Å². The second-order valence-corrected chi connectivity index (χ2v) is 6.25. The van der Waals surface area contributed by atoms with Crippen LogP contribution in [-0.2, 0) is 11.8 Å². The third-order valence-electron chi connectivity index (χ3n) is 4.24. The molecule has 26 heavy (non-hydrogen) atoms. The van der Waals surface area contributed by atoms with Gasteiger partial charge in [-0.1, -0.05) is 0 Å². The fourth-order valence-electron chi connectivity index (χ4n) is 2.98. The second kappa shape index (κ2) is 7.53. The summed E-state index contributed by atoms with van der Waals surface area (Å²) in [5.41, 5.74) is 4.41. The molecule has 0 radical (unpaired) electrons. The summed E-state index contributed by atoms with van der Waals surface area (Å²) in [6.45, 7) is 4.33. The molecule has 7 nitrogen and oxygen atoms in total. The van der Waals surface area contributed by atoms with Crippen molar-refractivity contribution in [3.8, 4) is 5.69 Å². The Kier molecular flexibility index (Phi) is 5.18. The molecule has 0 saturated heterocycles. The van der Waals surface area contributed by atoms with Crippen molar-refractivity contribution in [1.29, 1.82) is 0 Å². The highest BCUT2D eigenvalue weighted by Gasteiger charge is 2.18. The first kappa shape index (κ1) is 17.9. The van der Waals surface area contributed by atoms with E-state index in [1.807, 2.05) is 49.8 Å². The van der Waals surface area contributed by atoms with Crippen LogP contribution in [0.25, 0.3) is 5.69 Å². The van der Waals surface area contributed by atoms with E-state index >= 15 is 0 Å². The molecule has 0 aliphatic rings. The van der Waals surface area contributed by atoms with Gasteiger partial charge in [0, 0.05) is 31.6 Å². The van der Waals surface area contributed by atoms with Crippen molar-refractivity contribution in [2.24, 2.45) is 7.05 Å². The Morgan fingerprint density at radius 1 is 1.23 bits per heavy atom. The van der Waals surface area contributed by atoms with Crippen LogP contribution in [0.1, 0.15) is 33.5 Å². The Morgan fingerprint density at radius 3 is 2.50 bits per heavy atom. The number of aryl methyl sites for hydroxylation is 3. The lowest BCUT2D eigenvalue weighted by Gasteiger charge is -2.18. The maximum absolute atomic E-state index is 12.6. The Bertz CT molecular complexity index is 895. The Hall–Kier alpha value is -2.93. The van der Waals surface area contributed by atoms with Crippen LogP contribution in [0.5, 0.6) is 0 Å². The zero-order chi connectivity index (χ0) is 18.7. The molecule has 2 heterocycles. The predicted octanol–water partition coefficient (Wildman–Crippen LogP) is 2.34. The third-order valence-corrected chi connectivity index (χ3v) is 4.24. The van der Waals surface area contributed by atoms with Crippen molar-refractivity contribution in [1.82, 2.24) is 24.9 Å². The zero-order valence-electron chi connectivity index (χ0n) is 15.4. The van der Waals surface area contributed by atoms with Crippen LogP contribution in [0.2, 0.25) is 0 Å². The lowest BCUT2D eigenvalue weighted by molar-refractivity contribution is 0.0892. The van der Waals surface area contributed by atoms with Crippen LogP contribution in [0.15, 0.2) is 42.6 Å². The van der Waals surface area contributed by atoms with Gasteiger partial charge in [0.15, 0.2) is 0 Å². The molecule has 1 aromatic carbocycles. The first-order chi connectivity index (χ1) is 12.5. The van der Waals surface area contributed by atoms with Crippen LogP contribution in [0.3, 0.4) is 0 Å². The number of carbonyl (C=O) groups is 1. The van der Waals surface area contributed by atoms with Gasteiger partial charge in [-0.25, -0.2) is 4.68 Å². The van der Waals surface area contributed by atoms with E-state index in [0.29, 0.717) is 12.2 Å². The van der Waals surface area contributed by atoms with E-state index in [-0.39, 0.29) is 11.9 Å². The number of benzene rings is 1. The lowest BCUT2D eigenvalue weighted by Crippen LogP contribution is -2.32. The van der Waals surface area contributed by atoms with E-state index in [2.05, 4.69) is 15.5 Å². The highest BCUT2D eigenvalue weighted by molar-refractivity contribution is 5.94. The average Bonchev–Trinajstić information content (AvgIpc) is 3.19. The van der Waals surface area contributed by atoms with E-state index in [0.717, 1.165) is 22.8 Å². The molecule has 0 aliphatic heterocycles. The molecule has 0 bridgehead atoms. The largest absolute Gasteiger partial charge is 0.382 e. The van der Waals surface area contributed by atoms with Crippen molar-refractivity contribution in [3.05, 3.63) is 65.2 Å². The number of methoxy groups -OCH3 is 1. The number of hydrogen-bond acceptors (Lipinski definition) is 4. The van der Waals surface area contributed by atoms with Crippen LogP contribution in [-0.4, -0.2) is 39.2 Å². The van der Waals surface area contributed by atoms with E-state index < -0.39 is 0 Å². The number of rotatable bonds is 6. The summed E-state index contributed by atoms with van der Waals surface area (Å²) >= 11 is 0. The molecular weight excluding hydrogens is 330 g/mol. The molecule has 0 fully saturated rings. The van der Waals surface area contributed by atoms with Gasteiger partial charge in [-0.15, -0.1) is 0 Å². The minimum absolute atomic E-state index is 0.159. The summed E-state index contributed by atoms with van der Waals surface area (Å²) in [6, 6.07) is 11.0. The van der Waals surface area contributed by atoms with Gasteiger partial charge in [0.1, 0.15) is 0 Å². The predicted molar refractivity (Wildman–Crippen MR) is 98.3 cm³/mol. The van der Waals surface area contributed by atoms with Crippen LogP contribution in [0, 0.1) is 13.8 Å². The first-order valence-corrected chi connectivity index (χ1v) is 8.41. The van der Waals surface area contributed by atoms with Crippen LogP contribution >= 0.6 is 0 Å². The number of aromatic nitrogens is 4. The summed E-state index contributed by atoms with van der Waals surface area (Å²) in [7, 11) is 3.45. The number of hydrogen-bond donors (Lipinski definition) is 1. The number of amides is 1. The summed E-state index contributed by atoms with van der Waals surface area (Å²) in [4.78, 5) is 12.6. The minimum atomic E-state index is -0.268. The van der Waals surface area contributed by atoms with Gasteiger partial charge < -0.3 is 10.1 Å². The topological polar surface area (TPSA) is 74.0 Å². The molecule has 3 aromatic rings. The molecule has 0 spiro atoms. The molecular formula is C19H23N5O2. The molecule has 136 valence electrons. The van der Waals surface area contributed by atoms with Gasteiger partial charge in [-0.3, -0.25) is 9.48 Å². The smallest absolute Gasteiger partial charge is 0.251 e. The van der Waals surface area contributed by atoms with E-state index in [9.17, 15) is 4.79 Å². The van der Waals surface area contributed by atoms with Crippen molar-refractivity contribution < 1.29 is 9.53 Å². The van der Waals surface area contributed by atoms with Gasteiger partial charge in [0.2, 0.25) is 0 Å². The molecule has 1 atom stereocenters. The van der Waals surface area contributed by atoms with Crippen molar-refractivity contribution >= 4 is 5.91 Å². The molecule has 1 amide bonds. The molecule has 0 unspecified atom stereocenters. The number of nitrogens with zero attached hydrogens (tertiary/aromatic N) is 4. The highest BCUT2D eigenvalue weighted by Crippen LogP contribution is 2.16. The molecule has 7 heteroatoms. The van der Waals surface area contributed by atoms with E-state index in [4.69, 9.17) is 4.74 Å². The summed E-state index contributed by atoms with van der Waals surface area (Å²) in [5, 5.41) is 11.6. The standard InChI is InChI=1S/C19H23N5O2/c1-13-11-14(2)24(22-13)16-7-5-15(6-8-16)19(25)21-17(12-26-4)18-9-10-20-23(18)3/h5-11,17H,12H2,1-4H3,(H,21,25)/t17-/m1/s1. The zero-order valence-corrected chi connectivity index (χ0v) is 15.4. The lowest BCUT2D eigenvalue weighted by atomic mass is 10.1. The normalized spacial score (nSPS) is 12.2. The Morgan fingerprint density at radius 2 is 1.96 bits per heavy atom. The van der Waals surface area contributed by atoms with Gasteiger partial charge >= 0.3 is 0 Å². The Labute approximate surface area is 152 Å². The van der Waals surface area contributed by atoms with E-state index in [1.54, 1.807) is 30.1 Å². The summed E-state index contributed by atoms with van der Waals surface area (Å²) in [5.74, 6) is -0.159.